The van der Waals surface area contributed by atoms with Crippen molar-refractivity contribution >= 4 is 77.2 Å². The van der Waals surface area contributed by atoms with Crippen LogP contribution >= 0.6 is 0 Å². The molecule has 0 radical (unpaired) electrons. The molecule has 10 aromatic rings. The average Bonchev–Trinajstić information content (AvgIpc) is 3.86. The van der Waals surface area contributed by atoms with Crippen molar-refractivity contribution in [3.63, 3.8) is 0 Å². The van der Waals surface area contributed by atoms with Crippen LogP contribution in [0.1, 0.15) is 17.2 Å². The topological polar surface area (TPSA) is 47.4 Å². The summed E-state index contributed by atoms with van der Waals surface area (Å²) in [7, 11) is 0. The molecule has 0 bridgehead atoms. The normalized spacial score (nSPS) is 14.9. The molecule has 4 heterocycles. The molecule has 1 atom stereocenters. The largest absolute Gasteiger partial charge is 0.456 e. The smallest absolute Gasteiger partial charge is 0.209 e. The summed E-state index contributed by atoms with van der Waals surface area (Å²) in [6.07, 6.45) is 2.23. The highest BCUT2D eigenvalue weighted by molar-refractivity contribution is 6.31. The first-order valence-corrected chi connectivity index (χ1v) is 17.4. The quantitative estimate of drug-likeness (QED) is 0.206. The molecule has 1 N–H and O–H groups in total. The van der Waals surface area contributed by atoms with Crippen molar-refractivity contribution < 1.29 is 4.42 Å². The maximum absolute atomic E-state index is 6.43. The van der Waals surface area contributed by atoms with Crippen LogP contribution in [0.15, 0.2) is 179 Å². The minimum absolute atomic E-state index is 0.0627. The van der Waals surface area contributed by atoms with Crippen LogP contribution in [0, 0.1) is 0 Å². The van der Waals surface area contributed by atoms with Crippen LogP contribution in [-0.4, -0.2) is 15.1 Å². The molecule has 1 unspecified atom stereocenters. The van der Waals surface area contributed by atoms with E-state index >= 15 is 0 Å². The van der Waals surface area contributed by atoms with E-state index in [1.165, 1.54) is 27.1 Å². The molecule has 3 aromatic heterocycles. The SMILES string of the molecule is C1=C(c2ccccc2)N=C(n2c3ccccc3c3c2ccc2c4ccc5oc6ccccc6c5c4n(-c4ccccc4)c23)NC1c1ccccc1. The van der Waals surface area contributed by atoms with Crippen LogP contribution in [0.2, 0.25) is 0 Å². The molecule has 51 heavy (non-hydrogen) atoms. The molecule has 5 nitrogen and oxygen atoms in total. The first kappa shape index (κ1) is 28.0. The zero-order chi connectivity index (χ0) is 33.5. The molecule has 0 fully saturated rings. The molecule has 0 aliphatic carbocycles. The number of furan rings is 1. The molecule has 7 aromatic carbocycles. The second kappa shape index (κ2) is 10.8. The van der Waals surface area contributed by atoms with E-state index in [0.717, 1.165) is 66.9 Å². The number of aliphatic imine (C=N–C) groups is 1. The third kappa shape index (κ3) is 4.12. The molecular formula is C46H30N4O. The number of hydrogen-bond donors (Lipinski definition) is 1. The summed E-state index contributed by atoms with van der Waals surface area (Å²) < 4.78 is 11.2. The number of fused-ring (bicyclic) bond motifs is 11. The lowest BCUT2D eigenvalue weighted by molar-refractivity contribution is 0.669. The van der Waals surface area contributed by atoms with Gasteiger partial charge in [0.05, 0.1) is 39.2 Å². The van der Waals surface area contributed by atoms with Gasteiger partial charge in [0.2, 0.25) is 5.96 Å². The second-order valence-electron chi connectivity index (χ2n) is 13.2. The summed E-state index contributed by atoms with van der Waals surface area (Å²) in [6, 6.07) is 57.7. The van der Waals surface area contributed by atoms with Crippen molar-refractivity contribution in [3.8, 4) is 5.69 Å². The van der Waals surface area contributed by atoms with Crippen LogP contribution in [0.3, 0.4) is 0 Å². The molecule has 240 valence electrons. The molecule has 0 spiro atoms. The van der Waals surface area contributed by atoms with Gasteiger partial charge >= 0.3 is 0 Å². The molecule has 0 saturated carbocycles. The molecule has 0 saturated heterocycles. The minimum Gasteiger partial charge on any atom is -0.456 e. The summed E-state index contributed by atoms with van der Waals surface area (Å²) in [6.45, 7) is 0. The highest BCUT2D eigenvalue weighted by atomic mass is 16.3. The predicted molar refractivity (Wildman–Crippen MR) is 211 cm³/mol. The van der Waals surface area contributed by atoms with E-state index in [1.54, 1.807) is 0 Å². The Morgan fingerprint density at radius 1 is 0.490 bits per heavy atom. The van der Waals surface area contributed by atoms with Crippen molar-refractivity contribution in [1.82, 2.24) is 14.5 Å². The Kier molecular flexibility index (Phi) is 5.95. The van der Waals surface area contributed by atoms with Gasteiger partial charge in [-0.2, -0.15) is 0 Å². The van der Waals surface area contributed by atoms with E-state index in [9.17, 15) is 0 Å². The van der Waals surface area contributed by atoms with E-state index in [2.05, 4.69) is 178 Å². The van der Waals surface area contributed by atoms with Crippen molar-refractivity contribution in [1.29, 1.82) is 0 Å². The molecule has 0 amide bonds. The van der Waals surface area contributed by atoms with E-state index < -0.39 is 0 Å². The summed E-state index contributed by atoms with van der Waals surface area (Å²) in [5.41, 5.74) is 10.6. The zero-order valence-electron chi connectivity index (χ0n) is 27.5. The fraction of sp³-hybridized carbons (Fsp3) is 0.0217. The lowest BCUT2D eigenvalue weighted by Gasteiger charge is -2.25. The van der Waals surface area contributed by atoms with E-state index in [4.69, 9.17) is 9.41 Å². The molecular weight excluding hydrogens is 625 g/mol. The summed E-state index contributed by atoms with van der Waals surface area (Å²) in [5.74, 6) is 0.793. The molecule has 1 aliphatic rings. The van der Waals surface area contributed by atoms with Crippen LogP contribution in [0.25, 0.3) is 76.9 Å². The zero-order valence-corrected chi connectivity index (χ0v) is 27.5. The Bertz CT molecular complexity index is 3040. The number of nitrogens with zero attached hydrogens (tertiary/aromatic N) is 3. The van der Waals surface area contributed by atoms with Crippen LogP contribution in [0.4, 0.5) is 0 Å². The number of nitrogens with one attached hydrogen (secondary N) is 1. The van der Waals surface area contributed by atoms with Gasteiger partial charge in [0, 0.05) is 38.2 Å². The van der Waals surface area contributed by atoms with Crippen LogP contribution < -0.4 is 5.32 Å². The standard InChI is InChI=1S/C46H30N4O/c1-4-14-29(15-5-1)36-28-37(30-16-6-2-7-17-30)48-46(47-36)50-38-22-12-10-20-34(38)42-39(50)26-24-32-33-25-27-41-43(35-21-11-13-23-40(35)51-41)45(33)49(44(32)42)31-18-8-3-9-19-31/h1-28,36H,(H,47,48). The Balaban J connectivity index is 1.27. The van der Waals surface area contributed by atoms with E-state index in [-0.39, 0.29) is 6.04 Å². The third-order valence-electron chi connectivity index (χ3n) is 10.4. The molecule has 5 heteroatoms. The fourth-order valence-electron chi connectivity index (χ4n) is 8.16. The molecule has 1 aliphatic heterocycles. The number of aromatic nitrogens is 2. The lowest BCUT2D eigenvalue weighted by atomic mass is 10.0. The minimum atomic E-state index is -0.0627. The van der Waals surface area contributed by atoms with Gasteiger partial charge in [0.15, 0.2) is 0 Å². The third-order valence-corrected chi connectivity index (χ3v) is 10.4. The Morgan fingerprint density at radius 2 is 1.14 bits per heavy atom. The van der Waals surface area contributed by atoms with Gasteiger partial charge in [0.1, 0.15) is 11.2 Å². The Labute approximate surface area is 293 Å². The van der Waals surface area contributed by atoms with Gasteiger partial charge in [-0.15, -0.1) is 0 Å². The van der Waals surface area contributed by atoms with Crippen LogP contribution in [0.5, 0.6) is 0 Å². The van der Waals surface area contributed by atoms with Gasteiger partial charge in [-0.3, -0.25) is 4.57 Å². The lowest BCUT2D eigenvalue weighted by Crippen LogP contribution is -2.35. The van der Waals surface area contributed by atoms with Crippen molar-refractivity contribution in [2.45, 2.75) is 6.04 Å². The Morgan fingerprint density at radius 3 is 1.94 bits per heavy atom. The first-order valence-electron chi connectivity index (χ1n) is 17.4. The average molecular weight is 655 g/mol. The van der Waals surface area contributed by atoms with Crippen molar-refractivity contribution in [2.75, 3.05) is 0 Å². The second-order valence-corrected chi connectivity index (χ2v) is 13.2. The van der Waals surface area contributed by atoms with E-state index in [1.807, 2.05) is 6.07 Å². The van der Waals surface area contributed by atoms with Gasteiger partial charge < -0.3 is 14.3 Å². The summed E-state index contributed by atoms with van der Waals surface area (Å²) >= 11 is 0. The summed E-state index contributed by atoms with van der Waals surface area (Å²) in [4.78, 5) is 5.35. The van der Waals surface area contributed by atoms with Gasteiger partial charge in [-0.25, -0.2) is 4.99 Å². The highest BCUT2D eigenvalue weighted by Gasteiger charge is 2.26. The maximum atomic E-state index is 6.43. The van der Waals surface area contributed by atoms with Gasteiger partial charge in [-0.1, -0.05) is 121 Å². The monoisotopic (exact) mass is 654 g/mol. The maximum Gasteiger partial charge on any atom is 0.209 e. The summed E-state index contributed by atoms with van der Waals surface area (Å²) in [5, 5.41) is 10.8. The number of hydrogen-bond acceptors (Lipinski definition) is 3. The Hall–Kier alpha value is -6.85. The number of rotatable bonds is 3. The highest BCUT2D eigenvalue weighted by Crippen LogP contribution is 2.45. The predicted octanol–water partition coefficient (Wildman–Crippen LogP) is 11.4. The van der Waals surface area contributed by atoms with Gasteiger partial charge in [0.25, 0.3) is 0 Å². The molecule has 11 rings (SSSR count). The first-order chi connectivity index (χ1) is 25.3. The van der Waals surface area contributed by atoms with Crippen molar-refractivity contribution in [3.05, 3.63) is 181 Å². The van der Waals surface area contributed by atoms with Crippen LogP contribution in [-0.2, 0) is 0 Å². The van der Waals surface area contributed by atoms with E-state index in [0.29, 0.717) is 0 Å². The number of benzene rings is 7. The fourth-order valence-corrected chi connectivity index (χ4v) is 8.16. The van der Waals surface area contributed by atoms with Crippen molar-refractivity contribution in [2.24, 2.45) is 4.99 Å². The van der Waals surface area contributed by atoms with Gasteiger partial charge in [-0.05, 0) is 54.1 Å². The number of para-hydroxylation sites is 3.